The molecule has 0 aromatic rings. The Morgan fingerprint density at radius 3 is 2.58 bits per heavy atom. The Morgan fingerprint density at radius 2 is 2.08 bits per heavy atom. The Kier molecular flexibility index (Phi) is 7.06. The number of nitrogens with two attached hydrogens (primary N) is 1. The van der Waals surface area contributed by atoms with E-state index in [9.17, 15) is 4.79 Å². The van der Waals surface area contributed by atoms with Gasteiger partial charge in [0.15, 0.2) is 0 Å². The summed E-state index contributed by atoms with van der Waals surface area (Å²) in [6, 6.07) is 0. The molecule has 0 spiro atoms. The standard InChI is InChI=1S/C10H21NO/c1-3-4-5-10(12)7-6-9(2)8-11/h9H,3-8,11H2,1-2H3. The van der Waals surface area contributed by atoms with Gasteiger partial charge in [0.1, 0.15) is 5.78 Å². The maximum atomic E-state index is 11.2. The van der Waals surface area contributed by atoms with Crippen LogP contribution in [0.15, 0.2) is 0 Å². The minimum atomic E-state index is 0.400. The molecule has 12 heavy (non-hydrogen) atoms. The summed E-state index contributed by atoms with van der Waals surface area (Å²) in [5, 5.41) is 0. The lowest BCUT2D eigenvalue weighted by atomic mass is 10.0. The summed E-state index contributed by atoms with van der Waals surface area (Å²) >= 11 is 0. The van der Waals surface area contributed by atoms with Crippen molar-refractivity contribution >= 4 is 5.78 Å². The molecule has 0 fully saturated rings. The fourth-order valence-electron chi connectivity index (χ4n) is 1.02. The number of Topliss-reactive ketones (excluding diaryl/α,β-unsaturated/α-hetero) is 1. The molecule has 2 N–H and O–H groups in total. The van der Waals surface area contributed by atoms with Crippen molar-refractivity contribution in [1.82, 2.24) is 0 Å². The Balaban J connectivity index is 3.31. The molecule has 0 aromatic heterocycles. The van der Waals surface area contributed by atoms with E-state index in [0.717, 1.165) is 32.1 Å². The van der Waals surface area contributed by atoms with Crippen LogP contribution in [0.5, 0.6) is 0 Å². The van der Waals surface area contributed by atoms with E-state index in [1.807, 2.05) is 0 Å². The Morgan fingerprint density at radius 1 is 1.42 bits per heavy atom. The van der Waals surface area contributed by atoms with Crippen LogP contribution in [0.1, 0.15) is 46.0 Å². The van der Waals surface area contributed by atoms with E-state index < -0.39 is 0 Å². The molecule has 0 aliphatic carbocycles. The highest BCUT2D eigenvalue weighted by Crippen LogP contribution is 2.07. The first-order valence-corrected chi connectivity index (χ1v) is 4.92. The Hall–Kier alpha value is -0.370. The van der Waals surface area contributed by atoms with Crippen LogP contribution in [0.4, 0.5) is 0 Å². The predicted molar refractivity (Wildman–Crippen MR) is 52.0 cm³/mol. The van der Waals surface area contributed by atoms with Crippen LogP contribution >= 0.6 is 0 Å². The van der Waals surface area contributed by atoms with Crippen LogP contribution in [0.2, 0.25) is 0 Å². The average Bonchev–Trinajstić information content (AvgIpc) is 2.10. The molecule has 0 heterocycles. The van der Waals surface area contributed by atoms with Gasteiger partial charge in [-0.3, -0.25) is 4.79 Å². The van der Waals surface area contributed by atoms with Gasteiger partial charge in [-0.2, -0.15) is 0 Å². The molecule has 0 aliphatic heterocycles. The van der Waals surface area contributed by atoms with Crippen molar-refractivity contribution in [1.29, 1.82) is 0 Å². The van der Waals surface area contributed by atoms with Crippen molar-refractivity contribution < 1.29 is 4.79 Å². The third-order valence-corrected chi connectivity index (χ3v) is 2.13. The summed E-state index contributed by atoms with van der Waals surface area (Å²) < 4.78 is 0. The molecule has 0 bridgehead atoms. The molecular formula is C10H21NO. The van der Waals surface area contributed by atoms with E-state index >= 15 is 0 Å². The first kappa shape index (κ1) is 11.6. The molecular weight excluding hydrogens is 150 g/mol. The van der Waals surface area contributed by atoms with E-state index in [0.29, 0.717) is 18.2 Å². The molecule has 0 radical (unpaired) electrons. The highest BCUT2D eigenvalue weighted by molar-refractivity contribution is 5.78. The normalized spacial score (nSPS) is 12.9. The van der Waals surface area contributed by atoms with Gasteiger partial charge in [-0.05, 0) is 25.3 Å². The quantitative estimate of drug-likeness (QED) is 0.637. The highest BCUT2D eigenvalue weighted by atomic mass is 16.1. The third-order valence-electron chi connectivity index (χ3n) is 2.13. The zero-order valence-electron chi connectivity index (χ0n) is 8.31. The third kappa shape index (κ3) is 6.35. The lowest BCUT2D eigenvalue weighted by Gasteiger charge is -2.06. The van der Waals surface area contributed by atoms with E-state index in [4.69, 9.17) is 5.73 Å². The second-order valence-corrected chi connectivity index (χ2v) is 3.52. The fourth-order valence-corrected chi connectivity index (χ4v) is 1.02. The largest absolute Gasteiger partial charge is 0.330 e. The molecule has 2 heteroatoms. The molecule has 0 saturated heterocycles. The van der Waals surface area contributed by atoms with Gasteiger partial charge in [0.05, 0.1) is 0 Å². The number of hydrogen-bond donors (Lipinski definition) is 1. The minimum Gasteiger partial charge on any atom is -0.330 e. The fraction of sp³-hybridized carbons (Fsp3) is 0.900. The number of unbranched alkanes of at least 4 members (excludes halogenated alkanes) is 1. The molecule has 1 atom stereocenters. The summed E-state index contributed by atoms with van der Waals surface area (Å²) in [6.45, 7) is 4.89. The number of carbonyl (C=O) groups is 1. The summed E-state index contributed by atoms with van der Waals surface area (Å²) in [4.78, 5) is 11.2. The van der Waals surface area contributed by atoms with Gasteiger partial charge in [-0.25, -0.2) is 0 Å². The molecule has 72 valence electrons. The molecule has 2 nitrogen and oxygen atoms in total. The van der Waals surface area contributed by atoms with Crippen LogP contribution in [0, 0.1) is 5.92 Å². The summed E-state index contributed by atoms with van der Waals surface area (Å²) in [5.74, 6) is 0.896. The SMILES string of the molecule is CCCCC(=O)CCC(C)CN. The molecule has 0 aromatic carbocycles. The van der Waals surface area contributed by atoms with Gasteiger partial charge in [0, 0.05) is 12.8 Å². The van der Waals surface area contributed by atoms with Crippen molar-refractivity contribution in [3.05, 3.63) is 0 Å². The van der Waals surface area contributed by atoms with Crippen LogP contribution in [-0.2, 0) is 4.79 Å². The second kappa shape index (κ2) is 7.29. The molecule has 0 aliphatic rings. The summed E-state index contributed by atoms with van der Waals surface area (Å²) in [5.41, 5.74) is 5.45. The number of carbonyl (C=O) groups excluding carboxylic acids is 1. The van der Waals surface area contributed by atoms with E-state index in [1.54, 1.807) is 0 Å². The summed E-state index contributed by atoms with van der Waals surface area (Å²) in [6.07, 6.45) is 4.58. The van der Waals surface area contributed by atoms with Crippen LogP contribution < -0.4 is 5.73 Å². The van der Waals surface area contributed by atoms with E-state index in [1.165, 1.54) is 0 Å². The Bertz CT molecular complexity index is 123. The van der Waals surface area contributed by atoms with Gasteiger partial charge in [-0.1, -0.05) is 20.3 Å². The lowest BCUT2D eigenvalue weighted by molar-refractivity contribution is -0.119. The van der Waals surface area contributed by atoms with Gasteiger partial charge in [0.2, 0.25) is 0 Å². The van der Waals surface area contributed by atoms with Crippen molar-refractivity contribution in [3.8, 4) is 0 Å². The van der Waals surface area contributed by atoms with Crippen LogP contribution in [0.3, 0.4) is 0 Å². The van der Waals surface area contributed by atoms with Crippen molar-refractivity contribution in [2.45, 2.75) is 46.0 Å². The van der Waals surface area contributed by atoms with Crippen molar-refractivity contribution in [2.24, 2.45) is 11.7 Å². The number of rotatable bonds is 7. The zero-order valence-corrected chi connectivity index (χ0v) is 8.31. The van der Waals surface area contributed by atoms with Crippen LogP contribution in [0.25, 0.3) is 0 Å². The molecule has 0 amide bonds. The lowest BCUT2D eigenvalue weighted by Crippen LogP contribution is -2.12. The van der Waals surface area contributed by atoms with Crippen LogP contribution in [-0.4, -0.2) is 12.3 Å². The highest BCUT2D eigenvalue weighted by Gasteiger charge is 2.04. The topological polar surface area (TPSA) is 43.1 Å². The maximum absolute atomic E-state index is 11.2. The number of ketones is 1. The summed E-state index contributed by atoms with van der Waals surface area (Å²) in [7, 11) is 0. The van der Waals surface area contributed by atoms with Crippen molar-refractivity contribution in [3.63, 3.8) is 0 Å². The van der Waals surface area contributed by atoms with E-state index in [2.05, 4.69) is 13.8 Å². The first-order chi connectivity index (χ1) is 5.70. The predicted octanol–water partition coefficient (Wildman–Crippen LogP) is 2.12. The monoisotopic (exact) mass is 171 g/mol. The minimum absolute atomic E-state index is 0.400. The molecule has 0 saturated carbocycles. The zero-order chi connectivity index (χ0) is 9.40. The smallest absolute Gasteiger partial charge is 0.132 e. The van der Waals surface area contributed by atoms with Gasteiger partial charge in [-0.15, -0.1) is 0 Å². The number of hydrogen-bond acceptors (Lipinski definition) is 2. The van der Waals surface area contributed by atoms with E-state index in [-0.39, 0.29) is 0 Å². The van der Waals surface area contributed by atoms with Gasteiger partial charge < -0.3 is 5.73 Å². The molecule has 0 rings (SSSR count). The maximum Gasteiger partial charge on any atom is 0.132 e. The first-order valence-electron chi connectivity index (χ1n) is 4.92. The molecule has 1 unspecified atom stereocenters. The average molecular weight is 171 g/mol. The second-order valence-electron chi connectivity index (χ2n) is 3.52. The van der Waals surface area contributed by atoms with Crippen molar-refractivity contribution in [2.75, 3.05) is 6.54 Å². The van der Waals surface area contributed by atoms with Gasteiger partial charge in [0.25, 0.3) is 0 Å². The Labute approximate surface area is 75.5 Å². The van der Waals surface area contributed by atoms with Gasteiger partial charge >= 0.3 is 0 Å².